The lowest BCUT2D eigenvalue weighted by Gasteiger charge is -2.16. The van der Waals surface area contributed by atoms with Gasteiger partial charge in [0.1, 0.15) is 16.8 Å². The first-order valence-corrected chi connectivity index (χ1v) is 11.5. The minimum atomic E-state index is -0.631. The highest BCUT2D eigenvalue weighted by Gasteiger charge is 2.40. The molecule has 33 heavy (non-hydrogen) atoms. The summed E-state index contributed by atoms with van der Waals surface area (Å²) in [5.74, 6) is 0.557. The van der Waals surface area contributed by atoms with Crippen molar-refractivity contribution in [2.24, 2.45) is 0 Å². The van der Waals surface area contributed by atoms with Crippen LogP contribution in [-0.2, 0) is 9.59 Å². The van der Waals surface area contributed by atoms with Crippen molar-refractivity contribution in [1.82, 2.24) is 4.98 Å². The van der Waals surface area contributed by atoms with E-state index in [-0.39, 0.29) is 18.2 Å². The largest absolute Gasteiger partial charge is 0.497 e. The molecule has 2 aromatic carbocycles. The summed E-state index contributed by atoms with van der Waals surface area (Å²) in [6, 6.07) is 20.5. The van der Waals surface area contributed by atoms with E-state index in [2.05, 4.69) is 24.9 Å². The van der Waals surface area contributed by atoms with Gasteiger partial charge in [0.15, 0.2) is 0 Å². The normalized spacial score (nSPS) is 15.7. The van der Waals surface area contributed by atoms with Gasteiger partial charge < -0.3 is 4.74 Å². The number of imide groups is 1. The monoisotopic (exact) mass is 457 g/mol. The van der Waals surface area contributed by atoms with Crippen molar-refractivity contribution in [3.8, 4) is 23.1 Å². The molecule has 0 N–H and O–H groups in total. The third kappa shape index (κ3) is 4.62. The predicted octanol–water partition coefficient (Wildman–Crippen LogP) is 5.18. The third-order valence-corrected chi connectivity index (χ3v) is 6.73. The van der Waals surface area contributed by atoms with Gasteiger partial charge in [-0.1, -0.05) is 37.7 Å². The first kappa shape index (κ1) is 22.6. The highest BCUT2D eigenvalue weighted by atomic mass is 32.2. The van der Waals surface area contributed by atoms with Crippen molar-refractivity contribution in [2.45, 2.75) is 36.5 Å². The summed E-state index contributed by atoms with van der Waals surface area (Å²) in [7, 11) is 1.60. The zero-order valence-electron chi connectivity index (χ0n) is 18.6. The van der Waals surface area contributed by atoms with Crippen molar-refractivity contribution in [3.63, 3.8) is 0 Å². The van der Waals surface area contributed by atoms with Gasteiger partial charge in [0, 0.05) is 12.0 Å². The Balaban J connectivity index is 1.58. The van der Waals surface area contributed by atoms with Crippen LogP contribution >= 0.6 is 11.8 Å². The Kier molecular flexibility index (Phi) is 6.47. The summed E-state index contributed by atoms with van der Waals surface area (Å²) in [5.41, 5.74) is 3.62. The predicted molar refractivity (Wildman–Crippen MR) is 128 cm³/mol. The van der Waals surface area contributed by atoms with Crippen LogP contribution in [0.4, 0.5) is 5.69 Å². The van der Waals surface area contributed by atoms with Gasteiger partial charge in [-0.25, -0.2) is 9.88 Å². The van der Waals surface area contributed by atoms with E-state index in [1.165, 1.54) is 16.7 Å². The van der Waals surface area contributed by atoms with E-state index in [1.807, 2.05) is 36.4 Å². The Morgan fingerprint density at radius 3 is 2.36 bits per heavy atom. The van der Waals surface area contributed by atoms with Gasteiger partial charge >= 0.3 is 0 Å². The fourth-order valence-corrected chi connectivity index (χ4v) is 4.74. The van der Waals surface area contributed by atoms with E-state index < -0.39 is 5.25 Å². The number of aromatic nitrogens is 1. The van der Waals surface area contributed by atoms with Crippen LogP contribution < -0.4 is 9.64 Å². The molecule has 2 heterocycles. The van der Waals surface area contributed by atoms with Crippen molar-refractivity contribution in [2.75, 3.05) is 12.0 Å². The van der Waals surface area contributed by atoms with Crippen LogP contribution in [0.5, 0.6) is 5.75 Å². The molecule has 1 atom stereocenters. The summed E-state index contributed by atoms with van der Waals surface area (Å²) in [6.45, 7) is 4.18. The van der Waals surface area contributed by atoms with E-state index in [1.54, 1.807) is 31.4 Å². The number of anilines is 1. The van der Waals surface area contributed by atoms with Gasteiger partial charge in [0.2, 0.25) is 11.8 Å². The molecule has 0 spiro atoms. The van der Waals surface area contributed by atoms with Crippen LogP contribution in [0.15, 0.2) is 65.7 Å². The molecule has 0 radical (unpaired) electrons. The number of thioether (sulfide) groups is 1. The number of ether oxygens (including phenoxy) is 1. The van der Waals surface area contributed by atoms with Gasteiger partial charge in [-0.15, -0.1) is 0 Å². The van der Waals surface area contributed by atoms with Crippen LogP contribution in [0.3, 0.4) is 0 Å². The Labute approximate surface area is 197 Å². The first-order valence-electron chi connectivity index (χ1n) is 10.6. The molecule has 1 saturated heterocycles. The van der Waals surface area contributed by atoms with Crippen LogP contribution in [0.2, 0.25) is 0 Å². The number of nitrogens with zero attached hydrogens (tertiary/aromatic N) is 3. The summed E-state index contributed by atoms with van der Waals surface area (Å²) >= 11 is 1.17. The van der Waals surface area contributed by atoms with E-state index in [4.69, 9.17) is 4.74 Å². The number of hydrogen-bond donors (Lipinski definition) is 0. The Morgan fingerprint density at radius 2 is 1.76 bits per heavy atom. The zero-order chi connectivity index (χ0) is 23.5. The quantitative estimate of drug-likeness (QED) is 0.475. The van der Waals surface area contributed by atoms with E-state index in [0.29, 0.717) is 27.9 Å². The molecule has 6 nitrogen and oxygen atoms in total. The minimum Gasteiger partial charge on any atom is -0.497 e. The lowest BCUT2D eigenvalue weighted by atomic mass is 10.0. The third-order valence-electron chi connectivity index (χ3n) is 5.54. The highest BCUT2D eigenvalue weighted by molar-refractivity contribution is 8.00. The maximum atomic E-state index is 13.1. The molecule has 1 aliphatic heterocycles. The van der Waals surface area contributed by atoms with E-state index in [0.717, 1.165) is 16.9 Å². The summed E-state index contributed by atoms with van der Waals surface area (Å²) in [4.78, 5) is 31.7. The number of amides is 2. The smallest absolute Gasteiger partial charge is 0.247 e. The number of nitriles is 1. The molecule has 7 heteroatoms. The fraction of sp³-hybridized carbons (Fsp3) is 0.231. The molecule has 3 aromatic rings. The van der Waals surface area contributed by atoms with Crippen LogP contribution in [0, 0.1) is 11.3 Å². The molecule has 2 amide bonds. The van der Waals surface area contributed by atoms with Crippen LogP contribution in [0.1, 0.15) is 37.3 Å². The van der Waals surface area contributed by atoms with Gasteiger partial charge in [-0.05, 0) is 60.0 Å². The molecule has 1 aliphatic rings. The molecule has 166 valence electrons. The standard InChI is InChI=1S/C26H23N3O3S/c1-16(2)17-4-9-20(10-5-17)29-24(30)14-23(26(29)31)33-25-19(15-27)8-13-22(28-25)18-6-11-21(32-3)12-7-18/h4-13,16,23H,14H2,1-3H3. The number of hydrogen-bond acceptors (Lipinski definition) is 6. The molecular weight excluding hydrogens is 434 g/mol. The zero-order valence-corrected chi connectivity index (χ0v) is 19.4. The molecule has 1 aromatic heterocycles. The average Bonchev–Trinajstić information content (AvgIpc) is 3.11. The van der Waals surface area contributed by atoms with Crippen molar-refractivity contribution >= 4 is 29.3 Å². The lowest BCUT2D eigenvalue weighted by Crippen LogP contribution is -2.31. The summed E-state index contributed by atoms with van der Waals surface area (Å²) < 4.78 is 5.20. The van der Waals surface area contributed by atoms with Crippen molar-refractivity contribution in [3.05, 3.63) is 71.8 Å². The molecule has 4 rings (SSSR count). The number of carbonyl (C=O) groups is 2. The van der Waals surface area contributed by atoms with Gasteiger partial charge in [-0.3, -0.25) is 9.59 Å². The first-order chi connectivity index (χ1) is 15.9. The Morgan fingerprint density at radius 1 is 1.06 bits per heavy atom. The van der Waals surface area contributed by atoms with Gasteiger partial charge in [0.05, 0.1) is 29.3 Å². The van der Waals surface area contributed by atoms with E-state index in [9.17, 15) is 14.9 Å². The SMILES string of the molecule is COc1ccc(-c2ccc(C#N)c(SC3CC(=O)N(c4ccc(C(C)C)cc4)C3=O)n2)cc1. The second-order valence-electron chi connectivity index (χ2n) is 8.01. The number of pyridine rings is 1. The summed E-state index contributed by atoms with van der Waals surface area (Å²) in [5, 5.41) is 9.37. The Hall–Kier alpha value is -3.63. The van der Waals surface area contributed by atoms with E-state index >= 15 is 0 Å². The van der Waals surface area contributed by atoms with Crippen LogP contribution in [-0.4, -0.2) is 29.2 Å². The Bertz CT molecular complexity index is 1230. The molecule has 0 saturated carbocycles. The summed E-state index contributed by atoms with van der Waals surface area (Å²) in [6.07, 6.45) is 0.0642. The van der Waals surface area contributed by atoms with Crippen LogP contribution in [0.25, 0.3) is 11.3 Å². The number of methoxy groups -OCH3 is 1. The molecule has 1 fully saturated rings. The number of carbonyl (C=O) groups excluding carboxylic acids is 2. The maximum Gasteiger partial charge on any atom is 0.247 e. The fourth-order valence-electron chi connectivity index (χ4n) is 3.65. The maximum absolute atomic E-state index is 13.1. The average molecular weight is 458 g/mol. The van der Waals surface area contributed by atoms with Crippen molar-refractivity contribution < 1.29 is 14.3 Å². The number of benzene rings is 2. The molecule has 0 aliphatic carbocycles. The molecule has 0 bridgehead atoms. The second kappa shape index (κ2) is 9.47. The van der Waals surface area contributed by atoms with Gasteiger partial charge in [0.25, 0.3) is 0 Å². The lowest BCUT2D eigenvalue weighted by molar-refractivity contribution is -0.121. The minimum absolute atomic E-state index is 0.0642. The number of rotatable bonds is 6. The highest BCUT2D eigenvalue weighted by Crippen LogP contribution is 2.36. The second-order valence-corrected chi connectivity index (χ2v) is 9.21. The molecule has 1 unspecified atom stereocenters. The van der Waals surface area contributed by atoms with Gasteiger partial charge in [-0.2, -0.15) is 5.26 Å². The van der Waals surface area contributed by atoms with Crippen molar-refractivity contribution in [1.29, 1.82) is 5.26 Å². The topological polar surface area (TPSA) is 83.3 Å². The molecular formula is C26H23N3O3S.